The summed E-state index contributed by atoms with van der Waals surface area (Å²) in [6.07, 6.45) is 3.93. The summed E-state index contributed by atoms with van der Waals surface area (Å²) in [5.41, 5.74) is 3.34. The highest BCUT2D eigenvalue weighted by molar-refractivity contribution is 14.1. The zero-order valence-electron chi connectivity index (χ0n) is 10.6. The molecule has 1 N–H and O–H groups in total. The number of rotatable bonds is 4. The minimum atomic E-state index is 0.0472. The van der Waals surface area contributed by atoms with Crippen LogP contribution in [0.3, 0.4) is 0 Å². The third-order valence-corrected chi connectivity index (χ3v) is 4.31. The summed E-state index contributed by atoms with van der Waals surface area (Å²) in [6, 6.07) is 16.8. The Bertz CT molecular complexity index is 558. The van der Waals surface area contributed by atoms with Crippen LogP contribution in [0.25, 0.3) is 5.57 Å². The number of aliphatic hydroxyl groups is 1. The Morgan fingerprint density at radius 2 is 1.58 bits per heavy atom. The van der Waals surface area contributed by atoms with Gasteiger partial charge in [-0.2, -0.15) is 0 Å². The van der Waals surface area contributed by atoms with Crippen molar-refractivity contribution in [2.75, 3.05) is 12.9 Å². The van der Waals surface area contributed by atoms with Gasteiger partial charge in [-0.1, -0.05) is 30.3 Å². The average molecular weight is 382 g/mol. The van der Waals surface area contributed by atoms with E-state index in [1.54, 1.807) is 11.8 Å². The van der Waals surface area contributed by atoms with Crippen molar-refractivity contribution in [1.82, 2.24) is 0 Å². The van der Waals surface area contributed by atoms with Crippen LogP contribution in [-0.4, -0.2) is 18.0 Å². The Kier molecular flexibility index (Phi) is 5.48. The lowest BCUT2D eigenvalue weighted by Crippen LogP contribution is -1.90. The molecule has 0 bridgehead atoms. The molecule has 0 unspecified atom stereocenters. The molecule has 0 aromatic heterocycles. The molecule has 0 spiro atoms. The number of hydrogen-bond donors (Lipinski definition) is 1. The van der Waals surface area contributed by atoms with Gasteiger partial charge in [0.2, 0.25) is 0 Å². The molecule has 0 amide bonds. The molecule has 0 fully saturated rings. The fourth-order valence-corrected chi connectivity index (χ4v) is 2.66. The lowest BCUT2D eigenvalue weighted by molar-refractivity contribution is 0.343. The molecular formula is C16H15IOS. The molecule has 0 atom stereocenters. The van der Waals surface area contributed by atoms with Gasteiger partial charge in [-0.05, 0) is 69.8 Å². The van der Waals surface area contributed by atoms with Crippen LogP contribution in [0.4, 0.5) is 0 Å². The predicted molar refractivity (Wildman–Crippen MR) is 91.5 cm³/mol. The van der Waals surface area contributed by atoms with E-state index in [1.807, 2.05) is 6.08 Å². The van der Waals surface area contributed by atoms with Crippen molar-refractivity contribution < 1.29 is 5.11 Å². The lowest BCUT2D eigenvalue weighted by atomic mass is 9.98. The van der Waals surface area contributed by atoms with E-state index < -0.39 is 0 Å². The molecule has 1 nitrogen and oxygen atoms in total. The van der Waals surface area contributed by atoms with Crippen LogP contribution in [0.2, 0.25) is 0 Å². The lowest BCUT2D eigenvalue weighted by Gasteiger charge is -2.09. The van der Waals surface area contributed by atoms with E-state index in [0.717, 1.165) is 16.7 Å². The Morgan fingerprint density at radius 1 is 1.05 bits per heavy atom. The minimum Gasteiger partial charge on any atom is -0.392 e. The van der Waals surface area contributed by atoms with Crippen molar-refractivity contribution in [3.63, 3.8) is 0 Å². The fraction of sp³-hybridized carbons (Fsp3) is 0.125. The quantitative estimate of drug-likeness (QED) is 0.624. The SMILES string of the molecule is CSc1ccc(C(=CCO)c2ccc(I)cc2)cc1. The summed E-state index contributed by atoms with van der Waals surface area (Å²) in [7, 11) is 0. The average Bonchev–Trinajstić information content (AvgIpc) is 2.46. The van der Waals surface area contributed by atoms with Crippen molar-refractivity contribution in [2.45, 2.75) is 4.90 Å². The molecule has 0 heterocycles. The molecule has 98 valence electrons. The molecule has 3 heteroatoms. The molecule has 0 saturated heterocycles. The third-order valence-electron chi connectivity index (χ3n) is 2.85. The van der Waals surface area contributed by atoms with E-state index >= 15 is 0 Å². The Balaban J connectivity index is 2.39. The largest absolute Gasteiger partial charge is 0.392 e. The first-order valence-electron chi connectivity index (χ1n) is 5.96. The summed E-state index contributed by atoms with van der Waals surface area (Å²) in [4.78, 5) is 1.25. The minimum absolute atomic E-state index is 0.0472. The van der Waals surface area contributed by atoms with Crippen molar-refractivity contribution in [2.24, 2.45) is 0 Å². The molecular weight excluding hydrogens is 367 g/mol. The predicted octanol–water partition coefficient (Wildman–Crippen LogP) is 4.44. The van der Waals surface area contributed by atoms with Gasteiger partial charge < -0.3 is 5.11 Å². The molecule has 2 rings (SSSR count). The van der Waals surface area contributed by atoms with Crippen molar-refractivity contribution in [1.29, 1.82) is 0 Å². The molecule has 0 aliphatic carbocycles. The van der Waals surface area contributed by atoms with Gasteiger partial charge in [0.25, 0.3) is 0 Å². The maximum atomic E-state index is 9.23. The first-order valence-corrected chi connectivity index (χ1v) is 8.26. The fourth-order valence-electron chi connectivity index (χ4n) is 1.89. The Labute approximate surface area is 131 Å². The van der Waals surface area contributed by atoms with Crippen LogP contribution in [0.15, 0.2) is 59.5 Å². The molecule has 2 aromatic rings. The second-order valence-electron chi connectivity index (χ2n) is 4.04. The van der Waals surface area contributed by atoms with E-state index in [2.05, 4.69) is 77.4 Å². The number of thioether (sulfide) groups is 1. The molecule has 2 aromatic carbocycles. The van der Waals surface area contributed by atoms with Crippen LogP contribution < -0.4 is 0 Å². The summed E-state index contributed by atoms with van der Waals surface area (Å²) in [5, 5.41) is 9.23. The number of hydrogen-bond acceptors (Lipinski definition) is 2. The van der Waals surface area contributed by atoms with Crippen molar-refractivity contribution >= 4 is 39.9 Å². The maximum Gasteiger partial charge on any atom is 0.0621 e. The normalized spacial score (nSPS) is 11.6. The zero-order chi connectivity index (χ0) is 13.7. The molecule has 0 radical (unpaired) electrons. The van der Waals surface area contributed by atoms with E-state index in [0.29, 0.717) is 0 Å². The van der Waals surface area contributed by atoms with Gasteiger partial charge in [0.1, 0.15) is 0 Å². The molecule has 0 aliphatic rings. The van der Waals surface area contributed by atoms with Gasteiger partial charge in [-0.25, -0.2) is 0 Å². The standard InChI is InChI=1S/C16H15IOS/c1-19-15-8-4-13(5-9-15)16(10-11-18)12-2-6-14(17)7-3-12/h2-10,18H,11H2,1H3. The van der Waals surface area contributed by atoms with Crippen LogP contribution in [0.1, 0.15) is 11.1 Å². The highest BCUT2D eigenvalue weighted by Gasteiger charge is 2.04. The number of benzene rings is 2. The number of halogens is 1. The van der Waals surface area contributed by atoms with Gasteiger partial charge >= 0.3 is 0 Å². The van der Waals surface area contributed by atoms with Gasteiger partial charge in [-0.15, -0.1) is 11.8 Å². The van der Waals surface area contributed by atoms with Crippen molar-refractivity contribution in [3.05, 3.63) is 69.3 Å². The molecule has 0 aliphatic heterocycles. The van der Waals surface area contributed by atoms with E-state index in [-0.39, 0.29) is 6.61 Å². The maximum absolute atomic E-state index is 9.23. The topological polar surface area (TPSA) is 20.2 Å². The monoisotopic (exact) mass is 382 g/mol. The second kappa shape index (κ2) is 7.12. The first kappa shape index (κ1) is 14.6. The smallest absolute Gasteiger partial charge is 0.0621 e. The molecule has 0 saturated carbocycles. The second-order valence-corrected chi connectivity index (χ2v) is 6.16. The summed E-state index contributed by atoms with van der Waals surface area (Å²) < 4.78 is 1.21. The van der Waals surface area contributed by atoms with Crippen molar-refractivity contribution in [3.8, 4) is 0 Å². The summed E-state index contributed by atoms with van der Waals surface area (Å²) >= 11 is 4.02. The van der Waals surface area contributed by atoms with Gasteiger partial charge in [-0.3, -0.25) is 0 Å². The number of aliphatic hydroxyl groups excluding tert-OH is 1. The van der Waals surface area contributed by atoms with Gasteiger partial charge in [0.15, 0.2) is 0 Å². The first-order chi connectivity index (χ1) is 9.24. The van der Waals surface area contributed by atoms with Crippen LogP contribution >= 0.6 is 34.4 Å². The highest BCUT2D eigenvalue weighted by atomic mass is 127. The third kappa shape index (κ3) is 3.84. The Hall–Kier alpha value is -0.780. The Morgan fingerprint density at radius 3 is 2.05 bits per heavy atom. The molecule has 19 heavy (non-hydrogen) atoms. The van der Waals surface area contributed by atoms with Crippen LogP contribution in [-0.2, 0) is 0 Å². The van der Waals surface area contributed by atoms with E-state index in [9.17, 15) is 5.11 Å². The zero-order valence-corrected chi connectivity index (χ0v) is 13.6. The highest BCUT2D eigenvalue weighted by Crippen LogP contribution is 2.26. The summed E-state index contributed by atoms with van der Waals surface area (Å²) in [6.45, 7) is 0.0472. The van der Waals surface area contributed by atoms with E-state index in [1.165, 1.54) is 8.47 Å². The summed E-state index contributed by atoms with van der Waals surface area (Å²) in [5.74, 6) is 0. The van der Waals surface area contributed by atoms with Crippen LogP contribution in [0.5, 0.6) is 0 Å². The van der Waals surface area contributed by atoms with Crippen LogP contribution in [0, 0.1) is 3.57 Å². The van der Waals surface area contributed by atoms with Gasteiger partial charge in [0.05, 0.1) is 6.61 Å². The van der Waals surface area contributed by atoms with E-state index in [4.69, 9.17) is 0 Å². The van der Waals surface area contributed by atoms with Gasteiger partial charge in [0, 0.05) is 8.47 Å².